The number of carboxylic acid groups (broad SMARTS) is 2. The second-order valence-electron chi connectivity index (χ2n) is 18.2. The van der Waals surface area contributed by atoms with E-state index in [-0.39, 0.29) is 70.2 Å². The third-order valence-electron chi connectivity index (χ3n) is 14.9. The van der Waals surface area contributed by atoms with Gasteiger partial charge < -0.3 is 20.3 Å². The highest BCUT2D eigenvalue weighted by molar-refractivity contribution is 5.84. The van der Waals surface area contributed by atoms with Gasteiger partial charge in [-0.3, -0.25) is 19.2 Å². The zero-order chi connectivity index (χ0) is 34.6. The van der Waals surface area contributed by atoms with Gasteiger partial charge in [-0.05, 0) is 116 Å². The van der Waals surface area contributed by atoms with Crippen LogP contribution in [-0.4, -0.2) is 46.7 Å². The zero-order valence-electron chi connectivity index (χ0n) is 30.1. The fraction of sp³-hybridized carbons (Fsp3) is 0.846. The number of amides is 1. The maximum Gasteiger partial charge on any atom is 0.306 e. The number of esters is 1. The first kappa shape index (κ1) is 35.9. The van der Waals surface area contributed by atoms with Crippen LogP contribution in [0.5, 0.6) is 0 Å². The highest BCUT2D eigenvalue weighted by atomic mass is 16.5. The third-order valence-corrected chi connectivity index (χ3v) is 14.9. The molecule has 0 bridgehead atoms. The maximum absolute atomic E-state index is 14.1. The van der Waals surface area contributed by atoms with Gasteiger partial charge in [-0.25, -0.2) is 0 Å². The molecule has 8 nitrogen and oxygen atoms in total. The van der Waals surface area contributed by atoms with Gasteiger partial charge in [-0.2, -0.15) is 0 Å². The number of hydrogen-bond donors (Lipinski definition) is 3. The molecule has 47 heavy (non-hydrogen) atoms. The number of carbonyl (C=O) groups excluding carboxylic acids is 2. The lowest BCUT2D eigenvalue weighted by Crippen LogP contribution is -2.65. The molecule has 0 aromatic rings. The van der Waals surface area contributed by atoms with Crippen LogP contribution in [0.4, 0.5) is 0 Å². The first-order valence-corrected chi connectivity index (χ1v) is 18.4. The molecule has 3 N–H and O–H groups in total. The quantitative estimate of drug-likeness (QED) is 0.124. The largest absolute Gasteiger partial charge is 0.481 e. The molecule has 0 saturated heterocycles. The number of ether oxygens (including phenoxy) is 1. The van der Waals surface area contributed by atoms with Gasteiger partial charge in [0.1, 0.15) is 6.10 Å². The van der Waals surface area contributed by atoms with E-state index in [0.29, 0.717) is 31.2 Å². The summed E-state index contributed by atoms with van der Waals surface area (Å²) < 4.78 is 6.10. The van der Waals surface area contributed by atoms with Gasteiger partial charge in [-0.1, -0.05) is 60.1 Å². The standard InChI is InChI=1S/C39H61NO7/c1-34(2)19-21-39(33(46)40-23-9-11-31(43)44)22-20-37(6)25(26(39)24-34)13-14-28-36(5)17-16-29(47-32(45)12-8-10-30(41)42)35(3,4)27(36)15-18-38(28,37)7/h13,26-29H,8-12,14-24H2,1-7H3,(H,40,46)(H,41,42)(H,43,44)/t26-,27-,28+,29-,36-,37+,38+,39-/m0/s1. The second-order valence-corrected chi connectivity index (χ2v) is 18.2. The summed E-state index contributed by atoms with van der Waals surface area (Å²) in [5.41, 5.74) is 1.23. The number of fused-ring (bicyclic) bond motifs is 7. The molecule has 5 aliphatic carbocycles. The summed E-state index contributed by atoms with van der Waals surface area (Å²) in [4.78, 5) is 48.9. The minimum absolute atomic E-state index is 0.00727. The molecule has 4 saturated carbocycles. The summed E-state index contributed by atoms with van der Waals surface area (Å²) in [5, 5.41) is 21.3. The topological polar surface area (TPSA) is 130 Å². The molecule has 0 radical (unpaired) electrons. The zero-order valence-corrected chi connectivity index (χ0v) is 30.1. The van der Waals surface area contributed by atoms with Crippen molar-refractivity contribution in [1.82, 2.24) is 5.32 Å². The van der Waals surface area contributed by atoms with Crippen molar-refractivity contribution < 1.29 is 34.1 Å². The molecule has 0 spiro atoms. The summed E-state index contributed by atoms with van der Waals surface area (Å²) in [5.74, 6) is -0.770. The van der Waals surface area contributed by atoms with Gasteiger partial charge in [0.2, 0.25) is 5.91 Å². The number of rotatable bonds is 10. The molecule has 0 aliphatic heterocycles. The van der Waals surface area contributed by atoms with Gasteiger partial charge in [0.25, 0.3) is 0 Å². The molecule has 0 unspecified atom stereocenters. The predicted molar refractivity (Wildman–Crippen MR) is 180 cm³/mol. The van der Waals surface area contributed by atoms with E-state index >= 15 is 0 Å². The number of aliphatic carboxylic acids is 2. The molecule has 0 aromatic heterocycles. The van der Waals surface area contributed by atoms with Crippen LogP contribution >= 0.6 is 0 Å². The summed E-state index contributed by atoms with van der Waals surface area (Å²) in [7, 11) is 0. The van der Waals surface area contributed by atoms with Crippen molar-refractivity contribution in [3.8, 4) is 0 Å². The summed E-state index contributed by atoms with van der Waals surface area (Å²) >= 11 is 0. The van der Waals surface area contributed by atoms with E-state index in [4.69, 9.17) is 14.9 Å². The molecule has 4 fully saturated rings. The normalized spacial score (nSPS) is 39.9. The molecule has 1 amide bonds. The van der Waals surface area contributed by atoms with Crippen molar-refractivity contribution in [2.45, 2.75) is 151 Å². The third kappa shape index (κ3) is 6.06. The molecule has 0 heterocycles. The number of allylic oxidation sites excluding steroid dienone is 2. The predicted octanol–water partition coefficient (Wildman–Crippen LogP) is 7.94. The van der Waals surface area contributed by atoms with E-state index in [1.807, 2.05) is 0 Å². The molecule has 0 aromatic carbocycles. The highest BCUT2D eigenvalue weighted by Crippen LogP contribution is 2.75. The van der Waals surface area contributed by atoms with Crippen LogP contribution in [-0.2, 0) is 23.9 Å². The Kier molecular flexibility index (Phi) is 9.55. The Labute approximate surface area is 282 Å². The Bertz CT molecular complexity index is 1300. The smallest absolute Gasteiger partial charge is 0.306 e. The molecule has 264 valence electrons. The van der Waals surface area contributed by atoms with Crippen molar-refractivity contribution in [3.05, 3.63) is 11.6 Å². The van der Waals surface area contributed by atoms with Crippen LogP contribution in [0, 0.1) is 50.2 Å². The van der Waals surface area contributed by atoms with Crippen molar-refractivity contribution in [2.75, 3.05) is 6.54 Å². The van der Waals surface area contributed by atoms with E-state index in [0.717, 1.165) is 64.2 Å². The summed E-state index contributed by atoms with van der Waals surface area (Å²) in [6.45, 7) is 17.3. The minimum atomic E-state index is -0.887. The fourth-order valence-electron chi connectivity index (χ4n) is 12.1. The maximum atomic E-state index is 14.1. The van der Waals surface area contributed by atoms with Crippen molar-refractivity contribution in [2.24, 2.45) is 50.2 Å². The first-order chi connectivity index (χ1) is 21.8. The van der Waals surface area contributed by atoms with Crippen LogP contribution < -0.4 is 5.32 Å². The van der Waals surface area contributed by atoms with E-state index in [1.165, 1.54) is 5.57 Å². The van der Waals surface area contributed by atoms with Gasteiger partial charge in [0.05, 0.1) is 5.41 Å². The summed E-state index contributed by atoms with van der Waals surface area (Å²) in [6, 6.07) is 0. The van der Waals surface area contributed by atoms with E-state index in [9.17, 15) is 19.2 Å². The monoisotopic (exact) mass is 655 g/mol. The van der Waals surface area contributed by atoms with Crippen LogP contribution in [0.15, 0.2) is 11.6 Å². The second kappa shape index (κ2) is 12.5. The Morgan fingerprint density at radius 1 is 0.809 bits per heavy atom. The van der Waals surface area contributed by atoms with Crippen LogP contribution in [0.25, 0.3) is 0 Å². The van der Waals surface area contributed by atoms with Crippen molar-refractivity contribution >= 4 is 23.8 Å². The fourth-order valence-corrected chi connectivity index (χ4v) is 12.1. The van der Waals surface area contributed by atoms with Crippen LogP contribution in [0.1, 0.15) is 145 Å². The lowest BCUT2D eigenvalue weighted by molar-refractivity contribution is -0.213. The number of carboxylic acids is 2. The molecule has 8 heteroatoms. The van der Waals surface area contributed by atoms with Crippen molar-refractivity contribution in [1.29, 1.82) is 0 Å². The molecule has 5 aliphatic rings. The number of hydrogen-bond acceptors (Lipinski definition) is 5. The highest BCUT2D eigenvalue weighted by Gasteiger charge is 2.69. The van der Waals surface area contributed by atoms with Gasteiger partial charge in [0.15, 0.2) is 0 Å². The number of nitrogens with one attached hydrogen (secondary N) is 1. The van der Waals surface area contributed by atoms with Crippen molar-refractivity contribution in [3.63, 3.8) is 0 Å². The Morgan fingerprint density at radius 2 is 1.47 bits per heavy atom. The Balaban J connectivity index is 1.40. The Hall–Kier alpha value is -2.38. The van der Waals surface area contributed by atoms with Gasteiger partial charge in [-0.15, -0.1) is 0 Å². The minimum Gasteiger partial charge on any atom is -0.481 e. The van der Waals surface area contributed by atoms with Gasteiger partial charge in [0, 0.05) is 31.2 Å². The van der Waals surface area contributed by atoms with Crippen LogP contribution in [0.2, 0.25) is 0 Å². The SMILES string of the molecule is CC1(C)CC[C@]2(C(=O)NCCCC(=O)O)CC[C@]3(C)C(=CC[C@@H]4[C@@]5(C)CC[C@H](OC(=O)CCCC(=O)O)C(C)(C)[C@@H]5CC[C@]43C)[C@@H]2C1. The average molecular weight is 656 g/mol. The lowest BCUT2D eigenvalue weighted by Gasteiger charge is -2.71. The molecular formula is C39H61NO7. The molecule has 8 atom stereocenters. The average Bonchev–Trinajstić information content (AvgIpc) is 2.96. The van der Waals surface area contributed by atoms with E-state index in [2.05, 4.69) is 59.9 Å². The van der Waals surface area contributed by atoms with E-state index < -0.39 is 17.4 Å². The van der Waals surface area contributed by atoms with Crippen LogP contribution in [0.3, 0.4) is 0 Å². The van der Waals surface area contributed by atoms with E-state index in [1.54, 1.807) is 0 Å². The summed E-state index contributed by atoms with van der Waals surface area (Å²) in [6.07, 6.45) is 13.2. The molecule has 5 rings (SSSR count). The number of carbonyl (C=O) groups is 4. The first-order valence-electron chi connectivity index (χ1n) is 18.4. The van der Waals surface area contributed by atoms with Gasteiger partial charge >= 0.3 is 17.9 Å². The lowest BCUT2D eigenvalue weighted by atomic mass is 9.33. The Morgan fingerprint density at radius 3 is 2.15 bits per heavy atom. The molecular weight excluding hydrogens is 594 g/mol.